The second kappa shape index (κ2) is 11.6. The van der Waals surface area contributed by atoms with E-state index in [9.17, 15) is 4.79 Å². The van der Waals surface area contributed by atoms with Gasteiger partial charge in [0.25, 0.3) is 0 Å². The number of anilines is 1. The number of nitrogens with one attached hydrogen (secondary N) is 1. The van der Waals surface area contributed by atoms with Crippen LogP contribution in [0, 0.1) is 0 Å². The molecule has 0 aliphatic carbocycles. The molecule has 1 aliphatic rings. The summed E-state index contributed by atoms with van der Waals surface area (Å²) in [7, 11) is 0. The Labute approximate surface area is 183 Å². The van der Waals surface area contributed by atoms with Crippen molar-refractivity contribution < 1.29 is 9.53 Å². The Kier molecular flexibility index (Phi) is 8.62. The van der Waals surface area contributed by atoms with Crippen LogP contribution in [-0.2, 0) is 0 Å². The maximum atomic E-state index is 12.1. The lowest BCUT2D eigenvalue weighted by atomic mass is 10.2. The zero-order valence-corrected chi connectivity index (χ0v) is 17.9. The fourth-order valence-corrected chi connectivity index (χ4v) is 3.60. The lowest BCUT2D eigenvalue weighted by Crippen LogP contribution is -2.49. The third-order valence-electron chi connectivity index (χ3n) is 5.07. The summed E-state index contributed by atoms with van der Waals surface area (Å²) in [4.78, 5) is 16.8. The van der Waals surface area contributed by atoms with E-state index >= 15 is 0 Å². The molecule has 7 nitrogen and oxygen atoms in total. The number of nitrogens with zero attached hydrogens (tertiary/aromatic N) is 3. The number of amides is 2. The monoisotopic (exact) mass is 431 g/mol. The smallest absolute Gasteiger partial charge is 0.331 e. The molecule has 1 heterocycles. The molecule has 162 valence electrons. The molecule has 1 fully saturated rings. The molecular weight excluding hydrogens is 402 g/mol. The highest BCUT2D eigenvalue weighted by Gasteiger charge is 2.17. The number of piperazine rings is 1. The van der Waals surface area contributed by atoms with Gasteiger partial charge in [-0.1, -0.05) is 35.9 Å². The molecule has 1 saturated heterocycles. The predicted octanol–water partition coefficient (Wildman–Crippen LogP) is 2.82. The van der Waals surface area contributed by atoms with E-state index in [2.05, 4.69) is 21.2 Å². The van der Waals surface area contributed by atoms with E-state index < -0.39 is 0 Å². The van der Waals surface area contributed by atoms with Gasteiger partial charge in [-0.15, -0.1) is 0 Å². The van der Waals surface area contributed by atoms with Crippen LogP contribution in [-0.4, -0.2) is 68.4 Å². The summed E-state index contributed by atoms with van der Waals surface area (Å²) < 4.78 is 5.55. The highest BCUT2D eigenvalue weighted by atomic mass is 35.5. The molecule has 0 atom stereocenters. The van der Waals surface area contributed by atoms with Gasteiger partial charge in [0.15, 0.2) is 0 Å². The number of hydrazine groups is 1. The van der Waals surface area contributed by atoms with Crippen molar-refractivity contribution in [3.63, 3.8) is 0 Å². The van der Waals surface area contributed by atoms with Gasteiger partial charge in [-0.2, -0.15) is 0 Å². The Morgan fingerprint density at radius 1 is 1.10 bits per heavy atom. The van der Waals surface area contributed by atoms with Crippen LogP contribution in [0.4, 0.5) is 10.5 Å². The number of nitrogens with two attached hydrogens (primary N) is 1. The summed E-state index contributed by atoms with van der Waals surface area (Å²) in [5.41, 5.74) is 1.17. The molecule has 3 N–H and O–H groups in total. The molecule has 0 bridgehead atoms. The van der Waals surface area contributed by atoms with Crippen molar-refractivity contribution >= 4 is 23.3 Å². The molecule has 3 rings (SSSR count). The van der Waals surface area contributed by atoms with Crippen molar-refractivity contribution in [1.29, 1.82) is 0 Å². The standard InChI is InChI=1S/C22H30ClN5O2/c23-19-6-4-7-20(18-19)27-15-13-26(14-16-27)11-5-12-28(24)22(29)25-10-17-30-21-8-2-1-3-9-21/h1-4,6-9,18H,5,10-17,24H2,(H,25,29). The van der Waals surface area contributed by atoms with Crippen molar-refractivity contribution in [3.8, 4) is 5.75 Å². The molecule has 0 radical (unpaired) electrons. The Bertz CT molecular complexity index is 784. The Morgan fingerprint density at radius 3 is 2.60 bits per heavy atom. The molecule has 0 aromatic heterocycles. The van der Waals surface area contributed by atoms with Crippen LogP contribution < -0.4 is 20.8 Å². The van der Waals surface area contributed by atoms with Crippen LogP contribution in [0.15, 0.2) is 54.6 Å². The summed E-state index contributed by atoms with van der Waals surface area (Å²) in [6.07, 6.45) is 0.835. The van der Waals surface area contributed by atoms with Gasteiger partial charge in [-0.05, 0) is 36.8 Å². The Hall–Kier alpha value is -2.48. The lowest BCUT2D eigenvalue weighted by molar-refractivity contribution is 0.188. The number of rotatable bonds is 9. The van der Waals surface area contributed by atoms with Crippen LogP contribution in [0.25, 0.3) is 0 Å². The van der Waals surface area contributed by atoms with Gasteiger partial charge >= 0.3 is 6.03 Å². The number of hydrogen-bond acceptors (Lipinski definition) is 5. The average Bonchev–Trinajstić information content (AvgIpc) is 2.77. The molecular formula is C22H30ClN5O2. The first kappa shape index (κ1) is 22.2. The zero-order chi connectivity index (χ0) is 21.2. The van der Waals surface area contributed by atoms with Gasteiger partial charge in [0.1, 0.15) is 12.4 Å². The minimum Gasteiger partial charge on any atom is -0.492 e. The van der Waals surface area contributed by atoms with Crippen LogP contribution >= 0.6 is 11.6 Å². The van der Waals surface area contributed by atoms with Crippen molar-refractivity contribution in [2.75, 3.05) is 57.3 Å². The van der Waals surface area contributed by atoms with Crippen LogP contribution in [0.2, 0.25) is 5.02 Å². The van der Waals surface area contributed by atoms with Crippen LogP contribution in [0.3, 0.4) is 0 Å². The van der Waals surface area contributed by atoms with Gasteiger partial charge in [-0.3, -0.25) is 9.91 Å². The maximum absolute atomic E-state index is 12.1. The molecule has 0 saturated carbocycles. The zero-order valence-electron chi connectivity index (χ0n) is 17.2. The summed E-state index contributed by atoms with van der Waals surface area (Å²) >= 11 is 6.09. The SMILES string of the molecule is NN(CCCN1CCN(c2cccc(Cl)c2)CC1)C(=O)NCCOc1ccccc1. The molecule has 2 aromatic carbocycles. The predicted molar refractivity (Wildman–Crippen MR) is 121 cm³/mol. The van der Waals surface area contributed by atoms with Crippen LogP contribution in [0.5, 0.6) is 5.75 Å². The van der Waals surface area contributed by atoms with E-state index in [0.29, 0.717) is 19.7 Å². The number of carbonyl (C=O) groups excluding carboxylic acids is 1. The van der Waals surface area contributed by atoms with E-state index in [1.807, 2.05) is 48.5 Å². The topological polar surface area (TPSA) is 74.1 Å². The third-order valence-corrected chi connectivity index (χ3v) is 5.31. The number of halogens is 1. The molecule has 8 heteroatoms. The van der Waals surface area contributed by atoms with Crippen LogP contribution in [0.1, 0.15) is 6.42 Å². The number of urea groups is 1. The Morgan fingerprint density at radius 2 is 1.87 bits per heavy atom. The molecule has 0 spiro atoms. The van der Waals surface area contributed by atoms with E-state index in [1.54, 1.807) is 0 Å². The fraction of sp³-hybridized carbons (Fsp3) is 0.409. The molecule has 1 aliphatic heterocycles. The highest BCUT2D eigenvalue weighted by molar-refractivity contribution is 6.30. The summed E-state index contributed by atoms with van der Waals surface area (Å²) in [5.74, 6) is 6.66. The van der Waals surface area contributed by atoms with Gasteiger partial charge in [-0.25, -0.2) is 10.6 Å². The lowest BCUT2D eigenvalue weighted by Gasteiger charge is -2.36. The number of carbonyl (C=O) groups is 1. The van der Waals surface area contributed by atoms with E-state index in [4.69, 9.17) is 22.2 Å². The number of para-hydroxylation sites is 1. The van der Waals surface area contributed by atoms with Gasteiger partial charge in [0.2, 0.25) is 0 Å². The summed E-state index contributed by atoms with van der Waals surface area (Å²) in [6, 6.07) is 17.2. The minimum absolute atomic E-state index is 0.280. The normalized spacial score (nSPS) is 14.4. The second-order valence-electron chi connectivity index (χ2n) is 7.25. The van der Waals surface area contributed by atoms with Gasteiger partial charge in [0, 0.05) is 50.0 Å². The van der Waals surface area contributed by atoms with Crippen molar-refractivity contribution in [1.82, 2.24) is 15.2 Å². The minimum atomic E-state index is -0.280. The fourth-order valence-electron chi connectivity index (χ4n) is 3.41. The molecule has 2 aromatic rings. The quantitative estimate of drug-likeness (QED) is 0.276. The van der Waals surface area contributed by atoms with E-state index in [1.165, 1.54) is 10.7 Å². The van der Waals surface area contributed by atoms with E-state index in [-0.39, 0.29) is 6.03 Å². The third kappa shape index (κ3) is 7.09. The second-order valence-corrected chi connectivity index (χ2v) is 7.69. The maximum Gasteiger partial charge on any atom is 0.331 e. The summed E-state index contributed by atoms with van der Waals surface area (Å²) in [5, 5.41) is 4.78. The largest absolute Gasteiger partial charge is 0.492 e. The number of hydrogen-bond donors (Lipinski definition) is 2. The van der Waals surface area contributed by atoms with Gasteiger partial charge in [0.05, 0.1) is 6.54 Å². The summed E-state index contributed by atoms with van der Waals surface area (Å²) in [6.45, 7) is 6.15. The molecule has 30 heavy (non-hydrogen) atoms. The number of ether oxygens (including phenoxy) is 1. The van der Waals surface area contributed by atoms with Gasteiger partial charge < -0.3 is 15.0 Å². The van der Waals surface area contributed by atoms with E-state index in [0.717, 1.165) is 49.9 Å². The average molecular weight is 432 g/mol. The number of benzene rings is 2. The first-order chi connectivity index (χ1) is 14.6. The first-order valence-corrected chi connectivity index (χ1v) is 10.7. The van der Waals surface area contributed by atoms with Crippen molar-refractivity contribution in [2.45, 2.75) is 6.42 Å². The molecule has 0 unspecified atom stereocenters. The molecule has 2 amide bonds. The van der Waals surface area contributed by atoms with Crippen molar-refractivity contribution in [3.05, 3.63) is 59.6 Å². The Balaban J connectivity index is 1.26. The highest BCUT2D eigenvalue weighted by Crippen LogP contribution is 2.20. The van der Waals surface area contributed by atoms with Crippen molar-refractivity contribution in [2.24, 2.45) is 5.84 Å². The first-order valence-electron chi connectivity index (χ1n) is 10.3.